The van der Waals surface area contributed by atoms with Crippen LogP contribution in [0.3, 0.4) is 0 Å². The molecule has 1 heterocycles. The number of hydrogen-bond donors (Lipinski definition) is 1. The van der Waals surface area contributed by atoms with Gasteiger partial charge >= 0.3 is 5.97 Å². The summed E-state index contributed by atoms with van der Waals surface area (Å²) in [4.78, 5) is 25.1. The van der Waals surface area contributed by atoms with E-state index in [-0.39, 0.29) is 18.1 Å². The van der Waals surface area contributed by atoms with Gasteiger partial charge in [0.1, 0.15) is 5.75 Å². The van der Waals surface area contributed by atoms with E-state index in [1.165, 1.54) is 0 Å². The van der Waals surface area contributed by atoms with Crippen LogP contribution in [-0.4, -0.2) is 53.8 Å². The average molecular weight is 321 g/mol. The van der Waals surface area contributed by atoms with Gasteiger partial charge in [-0.3, -0.25) is 4.79 Å². The summed E-state index contributed by atoms with van der Waals surface area (Å²) in [6.07, 6.45) is 0.0335. The van der Waals surface area contributed by atoms with Crippen molar-refractivity contribution >= 4 is 11.9 Å². The Bertz CT molecular complexity index is 580. The van der Waals surface area contributed by atoms with Crippen molar-refractivity contribution in [2.24, 2.45) is 0 Å². The molecule has 1 aliphatic heterocycles. The number of ether oxygens (including phenoxy) is 2. The van der Waals surface area contributed by atoms with Gasteiger partial charge in [-0.1, -0.05) is 0 Å². The smallest absolute Gasteiger partial charge is 0.341 e. The fourth-order valence-electron chi connectivity index (χ4n) is 2.96. The highest BCUT2D eigenvalue weighted by Crippen LogP contribution is 2.26. The van der Waals surface area contributed by atoms with Gasteiger partial charge in [-0.25, -0.2) is 4.79 Å². The second-order valence-electron chi connectivity index (χ2n) is 6.09. The van der Waals surface area contributed by atoms with E-state index >= 15 is 0 Å². The van der Waals surface area contributed by atoms with Crippen molar-refractivity contribution in [3.8, 4) is 5.75 Å². The van der Waals surface area contributed by atoms with E-state index in [9.17, 15) is 9.59 Å². The molecule has 0 saturated carbocycles. The lowest BCUT2D eigenvalue weighted by molar-refractivity contribution is -0.139. The standard InChI is InChI=1S/C17H23NO5/c1-10-5-14(6-11(2)16(10)22-9-15(19)20)17(21)18-7-12(3)23-13(4)8-18/h5-6,12-13H,7-9H2,1-4H3,(H,19,20)/t12-,13+. The molecule has 1 amide bonds. The van der Waals surface area contributed by atoms with Gasteiger partial charge in [-0.2, -0.15) is 0 Å². The first kappa shape index (κ1) is 17.3. The second-order valence-corrected chi connectivity index (χ2v) is 6.09. The predicted octanol–water partition coefficient (Wildman–Crippen LogP) is 2.02. The van der Waals surface area contributed by atoms with Crippen LogP contribution in [0.2, 0.25) is 0 Å². The number of carbonyl (C=O) groups is 2. The molecule has 23 heavy (non-hydrogen) atoms. The normalized spacial score (nSPS) is 21.1. The lowest BCUT2D eigenvalue weighted by Gasteiger charge is -2.35. The largest absolute Gasteiger partial charge is 0.481 e. The summed E-state index contributed by atoms with van der Waals surface area (Å²) >= 11 is 0. The lowest BCUT2D eigenvalue weighted by Crippen LogP contribution is -2.48. The van der Waals surface area contributed by atoms with Gasteiger partial charge < -0.3 is 19.5 Å². The molecule has 1 N–H and O–H groups in total. The Kier molecular flexibility index (Phi) is 5.26. The number of carboxylic acids is 1. The minimum atomic E-state index is -1.03. The maximum atomic E-state index is 12.7. The third-order valence-electron chi connectivity index (χ3n) is 3.75. The van der Waals surface area contributed by atoms with Crippen LogP contribution in [-0.2, 0) is 9.53 Å². The number of carbonyl (C=O) groups excluding carboxylic acids is 1. The minimum Gasteiger partial charge on any atom is -0.481 e. The molecule has 1 fully saturated rings. The van der Waals surface area contributed by atoms with Gasteiger partial charge in [0.05, 0.1) is 12.2 Å². The fraction of sp³-hybridized carbons (Fsp3) is 0.529. The SMILES string of the molecule is Cc1cc(C(=O)N2C[C@@H](C)O[C@@H](C)C2)cc(C)c1OCC(=O)O. The summed E-state index contributed by atoms with van der Waals surface area (Å²) in [5.74, 6) is -0.545. The zero-order valence-corrected chi connectivity index (χ0v) is 14.0. The molecule has 6 heteroatoms. The van der Waals surface area contributed by atoms with E-state index in [0.29, 0.717) is 24.4 Å². The molecule has 0 radical (unpaired) electrons. The molecule has 2 rings (SSSR count). The van der Waals surface area contributed by atoms with Crippen LogP contribution >= 0.6 is 0 Å². The third kappa shape index (κ3) is 4.22. The van der Waals surface area contributed by atoms with Crippen molar-refractivity contribution in [1.29, 1.82) is 0 Å². The molecule has 126 valence electrons. The summed E-state index contributed by atoms with van der Waals surface area (Å²) < 4.78 is 11.0. The summed E-state index contributed by atoms with van der Waals surface area (Å²) in [7, 11) is 0. The number of nitrogens with zero attached hydrogens (tertiary/aromatic N) is 1. The van der Waals surface area contributed by atoms with E-state index in [0.717, 1.165) is 11.1 Å². The van der Waals surface area contributed by atoms with Crippen molar-refractivity contribution in [2.75, 3.05) is 19.7 Å². The molecule has 1 aliphatic rings. The van der Waals surface area contributed by atoms with Crippen molar-refractivity contribution in [2.45, 2.75) is 39.9 Å². The quantitative estimate of drug-likeness (QED) is 0.918. The van der Waals surface area contributed by atoms with Gasteiger partial charge in [-0.05, 0) is 51.0 Å². The van der Waals surface area contributed by atoms with Crippen LogP contribution in [0, 0.1) is 13.8 Å². The van der Waals surface area contributed by atoms with E-state index in [4.69, 9.17) is 14.6 Å². The molecule has 0 bridgehead atoms. The second kappa shape index (κ2) is 7.00. The number of aryl methyl sites for hydroxylation is 2. The Hall–Kier alpha value is -2.08. The van der Waals surface area contributed by atoms with Crippen molar-refractivity contribution in [3.63, 3.8) is 0 Å². The average Bonchev–Trinajstić information content (AvgIpc) is 2.44. The molecule has 1 saturated heterocycles. The first-order chi connectivity index (χ1) is 10.8. The molecule has 0 unspecified atom stereocenters. The molecule has 0 aromatic heterocycles. The molecular formula is C17H23NO5. The lowest BCUT2D eigenvalue weighted by atomic mass is 10.0. The number of hydrogen-bond acceptors (Lipinski definition) is 4. The van der Waals surface area contributed by atoms with Crippen LogP contribution in [0.1, 0.15) is 35.3 Å². The maximum Gasteiger partial charge on any atom is 0.341 e. The van der Waals surface area contributed by atoms with E-state index in [2.05, 4.69) is 0 Å². The minimum absolute atomic E-state index is 0.0167. The highest BCUT2D eigenvalue weighted by molar-refractivity contribution is 5.95. The number of amides is 1. The number of carboxylic acid groups (broad SMARTS) is 1. The van der Waals surface area contributed by atoms with Gasteiger partial charge in [0.15, 0.2) is 6.61 Å². The molecule has 1 aromatic carbocycles. The monoisotopic (exact) mass is 321 g/mol. The van der Waals surface area contributed by atoms with Crippen molar-refractivity contribution in [3.05, 3.63) is 28.8 Å². The van der Waals surface area contributed by atoms with E-state index in [1.807, 2.05) is 27.7 Å². The molecule has 6 nitrogen and oxygen atoms in total. The Balaban J connectivity index is 2.20. The zero-order chi connectivity index (χ0) is 17.1. The van der Waals surface area contributed by atoms with Gasteiger partial charge in [0.2, 0.25) is 0 Å². The van der Waals surface area contributed by atoms with Gasteiger partial charge in [0, 0.05) is 18.7 Å². The molecule has 2 atom stereocenters. The summed E-state index contributed by atoms with van der Waals surface area (Å²) in [5.41, 5.74) is 2.09. The molecule has 1 aromatic rings. The van der Waals surface area contributed by atoms with E-state index in [1.54, 1.807) is 17.0 Å². The molecule has 0 spiro atoms. The molecule has 0 aliphatic carbocycles. The van der Waals surface area contributed by atoms with Crippen LogP contribution in [0.15, 0.2) is 12.1 Å². The Morgan fingerprint density at radius 3 is 2.22 bits per heavy atom. The van der Waals surface area contributed by atoms with Crippen LogP contribution in [0.5, 0.6) is 5.75 Å². The summed E-state index contributed by atoms with van der Waals surface area (Å²) in [6.45, 7) is 8.27. The first-order valence-corrected chi connectivity index (χ1v) is 7.68. The maximum absolute atomic E-state index is 12.7. The molecular weight excluding hydrogens is 298 g/mol. The number of rotatable bonds is 4. The predicted molar refractivity (Wildman–Crippen MR) is 85.0 cm³/mol. The Morgan fingerprint density at radius 2 is 1.74 bits per heavy atom. The summed E-state index contributed by atoms with van der Waals surface area (Å²) in [5, 5.41) is 8.72. The Morgan fingerprint density at radius 1 is 1.22 bits per heavy atom. The van der Waals surface area contributed by atoms with Gasteiger partial charge in [0.25, 0.3) is 5.91 Å². The number of benzene rings is 1. The highest BCUT2D eigenvalue weighted by atomic mass is 16.5. The topological polar surface area (TPSA) is 76.1 Å². The fourth-order valence-corrected chi connectivity index (χ4v) is 2.96. The van der Waals surface area contributed by atoms with Crippen LogP contribution in [0.25, 0.3) is 0 Å². The van der Waals surface area contributed by atoms with Crippen molar-refractivity contribution < 1.29 is 24.2 Å². The van der Waals surface area contributed by atoms with Crippen LogP contribution in [0.4, 0.5) is 0 Å². The zero-order valence-electron chi connectivity index (χ0n) is 14.0. The third-order valence-corrected chi connectivity index (χ3v) is 3.75. The van der Waals surface area contributed by atoms with Gasteiger partial charge in [-0.15, -0.1) is 0 Å². The highest BCUT2D eigenvalue weighted by Gasteiger charge is 2.27. The number of morpholine rings is 1. The number of aliphatic carboxylic acids is 1. The first-order valence-electron chi connectivity index (χ1n) is 7.68. The van der Waals surface area contributed by atoms with Crippen LogP contribution < -0.4 is 4.74 Å². The van der Waals surface area contributed by atoms with Crippen molar-refractivity contribution in [1.82, 2.24) is 4.90 Å². The Labute approximate surface area is 136 Å². The van der Waals surface area contributed by atoms with E-state index < -0.39 is 12.6 Å². The summed E-state index contributed by atoms with van der Waals surface area (Å²) in [6, 6.07) is 3.49.